The second-order valence-corrected chi connectivity index (χ2v) is 5.17. The van der Waals surface area contributed by atoms with Crippen molar-refractivity contribution < 1.29 is 0 Å². The van der Waals surface area contributed by atoms with Crippen LogP contribution in [0.5, 0.6) is 0 Å². The topological polar surface area (TPSA) is 46.3 Å². The van der Waals surface area contributed by atoms with Gasteiger partial charge in [0.15, 0.2) is 5.82 Å². The first kappa shape index (κ1) is 9.39. The first-order valence-electron chi connectivity index (χ1n) is 6.31. The van der Waals surface area contributed by atoms with Crippen LogP contribution < -0.4 is 4.90 Å². The summed E-state index contributed by atoms with van der Waals surface area (Å²) in [6.45, 7) is 2.29. The maximum Gasteiger partial charge on any atom is 0.203 e. The summed E-state index contributed by atoms with van der Waals surface area (Å²) in [5.74, 6) is 2.75. The summed E-state index contributed by atoms with van der Waals surface area (Å²) >= 11 is 0. The van der Waals surface area contributed by atoms with Crippen molar-refractivity contribution in [3.8, 4) is 0 Å². The zero-order valence-corrected chi connectivity index (χ0v) is 9.66. The Labute approximate surface area is 99.5 Å². The molecule has 2 aromatic heterocycles. The lowest BCUT2D eigenvalue weighted by molar-refractivity contribution is 0.494. The second kappa shape index (κ2) is 3.42. The predicted octanol–water partition coefficient (Wildman–Crippen LogP) is 1.36. The van der Waals surface area contributed by atoms with Crippen molar-refractivity contribution in [3.63, 3.8) is 0 Å². The van der Waals surface area contributed by atoms with E-state index in [1.54, 1.807) is 6.33 Å². The first-order valence-corrected chi connectivity index (χ1v) is 6.31. The molecule has 3 heterocycles. The largest absolute Gasteiger partial charge is 0.353 e. The van der Waals surface area contributed by atoms with Gasteiger partial charge in [-0.25, -0.2) is 4.98 Å². The van der Waals surface area contributed by atoms with Gasteiger partial charge in [-0.2, -0.15) is 0 Å². The van der Waals surface area contributed by atoms with E-state index in [9.17, 15) is 0 Å². The molecule has 1 saturated carbocycles. The van der Waals surface area contributed by atoms with Crippen molar-refractivity contribution in [1.29, 1.82) is 0 Å². The number of hydrogen-bond acceptors (Lipinski definition) is 4. The SMILES string of the molecule is c1cn2cnnc2c(N2C[C@H]3CCC[C@H]3C2)n1. The minimum Gasteiger partial charge on any atom is -0.353 e. The van der Waals surface area contributed by atoms with Crippen molar-refractivity contribution in [3.05, 3.63) is 18.7 Å². The summed E-state index contributed by atoms with van der Waals surface area (Å²) in [4.78, 5) is 6.88. The highest BCUT2D eigenvalue weighted by Gasteiger charge is 2.37. The van der Waals surface area contributed by atoms with E-state index >= 15 is 0 Å². The Bertz CT molecular complexity index is 537. The van der Waals surface area contributed by atoms with Crippen LogP contribution in [0.4, 0.5) is 5.82 Å². The van der Waals surface area contributed by atoms with Gasteiger partial charge in [0.2, 0.25) is 5.65 Å². The van der Waals surface area contributed by atoms with Gasteiger partial charge in [-0.15, -0.1) is 10.2 Å². The Morgan fingerprint density at radius 2 is 2.00 bits per heavy atom. The number of hydrogen-bond donors (Lipinski definition) is 0. The summed E-state index contributed by atoms with van der Waals surface area (Å²) in [7, 11) is 0. The Balaban J connectivity index is 1.73. The fraction of sp³-hybridized carbons (Fsp3) is 0.583. The molecule has 0 aromatic carbocycles. The summed E-state index contributed by atoms with van der Waals surface area (Å²) in [5.41, 5.74) is 0.882. The van der Waals surface area contributed by atoms with Gasteiger partial charge in [0.25, 0.3) is 0 Å². The monoisotopic (exact) mass is 229 g/mol. The molecule has 0 unspecified atom stereocenters. The van der Waals surface area contributed by atoms with Gasteiger partial charge in [-0.05, 0) is 24.7 Å². The summed E-state index contributed by atoms with van der Waals surface area (Å²) in [6, 6.07) is 0. The number of aromatic nitrogens is 4. The van der Waals surface area contributed by atoms with E-state index in [4.69, 9.17) is 0 Å². The van der Waals surface area contributed by atoms with Crippen molar-refractivity contribution in [2.45, 2.75) is 19.3 Å². The Morgan fingerprint density at radius 1 is 1.18 bits per heavy atom. The van der Waals surface area contributed by atoms with Gasteiger partial charge in [0.05, 0.1) is 0 Å². The van der Waals surface area contributed by atoms with Crippen LogP contribution in [0.15, 0.2) is 18.7 Å². The normalized spacial score (nSPS) is 27.9. The van der Waals surface area contributed by atoms with Crippen molar-refractivity contribution in [1.82, 2.24) is 19.6 Å². The highest BCUT2D eigenvalue weighted by atomic mass is 15.3. The zero-order chi connectivity index (χ0) is 11.2. The van der Waals surface area contributed by atoms with E-state index in [1.165, 1.54) is 19.3 Å². The van der Waals surface area contributed by atoms with Crippen LogP contribution in [0.25, 0.3) is 5.65 Å². The summed E-state index contributed by atoms with van der Waals surface area (Å²) < 4.78 is 1.94. The molecule has 17 heavy (non-hydrogen) atoms. The number of fused-ring (bicyclic) bond motifs is 2. The van der Waals surface area contributed by atoms with Gasteiger partial charge >= 0.3 is 0 Å². The molecule has 0 spiro atoms. The van der Waals surface area contributed by atoms with E-state index < -0.39 is 0 Å². The smallest absolute Gasteiger partial charge is 0.203 e. The third kappa shape index (κ3) is 1.34. The molecular formula is C12H15N5. The molecule has 2 aliphatic rings. The first-order chi connectivity index (χ1) is 8.42. The highest BCUT2D eigenvalue weighted by Crippen LogP contribution is 2.39. The van der Waals surface area contributed by atoms with Crippen LogP contribution in [-0.4, -0.2) is 32.7 Å². The Hall–Kier alpha value is -1.65. The van der Waals surface area contributed by atoms with E-state index in [0.29, 0.717) is 0 Å². The van der Waals surface area contributed by atoms with Crippen LogP contribution in [0.1, 0.15) is 19.3 Å². The Kier molecular flexibility index (Phi) is 1.89. The molecule has 2 atom stereocenters. The molecule has 0 radical (unpaired) electrons. The lowest BCUT2D eigenvalue weighted by atomic mass is 10.0. The van der Waals surface area contributed by atoms with Crippen molar-refractivity contribution >= 4 is 11.5 Å². The van der Waals surface area contributed by atoms with Gasteiger partial charge in [-0.1, -0.05) is 6.42 Å². The predicted molar refractivity (Wildman–Crippen MR) is 63.8 cm³/mol. The molecule has 1 aliphatic carbocycles. The lowest BCUT2D eigenvalue weighted by Crippen LogP contribution is -2.22. The molecule has 4 rings (SSSR count). The van der Waals surface area contributed by atoms with Crippen LogP contribution in [0.2, 0.25) is 0 Å². The molecule has 5 nitrogen and oxygen atoms in total. The molecule has 88 valence electrons. The van der Waals surface area contributed by atoms with E-state index in [2.05, 4.69) is 20.1 Å². The fourth-order valence-electron chi connectivity index (χ4n) is 3.38. The summed E-state index contributed by atoms with van der Waals surface area (Å²) in [5, 5.41) is 8.12. The fourth-order valence-corrected chi connectivity index (χ4v) is 3.38. The molecule has 1 aliphatic heterocycles. The highest BCUT2D eigenvalue weighted by molar-refractivity contribution is 5.63. The van der Waals surface area contributed by atoms with Gasteiger partial charge < -0.3 is 4.90 Å². The van der Waals surface area contributed by atoms with Crippen LogP contribution >= 0.6 is 0 Å². The Morgan fingerprint density at radius 3 is 2.82 bits per heavy atom. The van der Waals surface area contributed by atoms with Crippen LogP contribution in [0.3, 0.4) is 0 Å². The average molecular weight is 229 g/mol. The number of rotatable bonds is 1. The van der Waals surface area contributed by atoms with Gasteiger partial charge in [-0.3, -0.25) is 4.40 Å². The van der Waals surface area contributed by atoms with Crippen molar-refractivity contribution in [2.24, 2.45) is 11.8 Å². The minimum absolute atomic E-state index is 0.875. The number of nitrogens with zero attached hydrogens (tertiary/aromatic N) is 5. The second-order valence-electron chi connectivity index (χ2n) is 5.17. The standard InChI is InChI=1S/C12H15N5/c1-2-9-6-17(7-10(9)3-1)11-12-15-14-8-16(12)5-4-13-11/h4-5,8-10H,1-3,6-7H2/t9-,10+. The molecule has 2 aromatic rings. The molecule has 2 fully saturated rings. The van der Waals surface area contributed by atoms with Crippen molar-refractivity contribution in [2.75, 3.05) is 18.0 Å². The van der Waals surface area contributed by atoms with Gasteiger partial charge in [0, 0.05) is 25.5 Å². The molecule has 5 heteroatoms. The molecule has 0 amide bonds. The minimum atomic E-state index is 0.875. The molecular weight excluding hydrogens is 214 g/mol. The lowest BCUT2D eigenvalue weighted by Gasteiger charge is -2.18. The molecule has 0 bridgehead atoms. The van der Waals surface area contributed by atoms with E-state index in [1.807, 2.05) is 16.8 Å². The maximum absolute atomic E-state index is 4.49. The third-order valence-electron chi connectivity index (χ3n) is 4.22. The quantitative estimate of drug-likeness (QED) is 0.740. The average Bonchev–Trinajstić information content (AvgIpc) is 3.02. The maximum atomic E-state index is 4.49. The molecule has 1 saturated heterocycles. The number of anilines is 1. The van der Waals surface area contributed by atoms with E-state index in [0.717, 1.165) is 36.4 Å². The van der Waals surface area contributed by atoms with Crippen LogP contribution in [-0.2, 0) is 0 Å². The third-order valence-corrected chi connectivity index (χ3v) is 4.22. The summed E-state index contributed by atoms with van der Waals surface area (Å²) in [6.07, 6.45) is 9.65. The van der Waals surface area contributed by atoms with Gasteiger partial charge in [0.1, 0.15) is 6.33 Å². The molecule has 0 N–H and O–H groups in total. The zero-order valence-electron chi connectivity index (χ0n) is 9.66. The van der Waals surface area contributed by atoms with E-state index in [-0.39, 0.29) is 0 Å². The van der Waals surface area contributed by atoms with Crippen LogP contribution in [0, 0.1) is 11.8 Å².